The molecule has 214 valence electrons. The Morgan fingerprint density at radius 1 is 0.825 bits per heavy atom. The van der Waals surface area contributed by atoms with Crippen molar-refractivity contribution in [3.63, 3.8) is 0 Å². The number of aldehydes is 1. The quantitative estimate of drug-likeness (QED) is 0.117. The van der Waals surface area contributed by atoms with Crippen molar-refractivity contribution in [3.05, 3.63) is 83.2 Å². The molecule has 0 fully saturated rings. The summed E-state index contributed by atoms with van der Waals surface area (Å²) < 4.78 is 0. The van der Waals surface area contributed by atoms with Crippen LogP contribution in [0.3, 0.4) is 0 Å². The Hall–Kier alpha value is -4.78. The van der Waals surface area contributed by atoms with Crippen LogP contribution >= 0.6 is 0 Å². The molecule has 12 nitrogen and oxygen atoms in total. The molecule has 2 aromatic carbocycles. The van der Waals surface area contributed by atoms with E-state index in [1.165, 1.54) is 0 Å². The maximum Gasteiger partial charge on any atom is 0.328 e. The number of rotatable bonds is 8. The Morgan fingerprint density at radius 2 is 1.23 bits per heavy atom. The molecule has 0 atom stereocenters. The fraction of sp³-hybridized carbons (Fsp3) is 0.214. The van der Waals surface area contributed by atoms with E-state index in [9.17, 15) is 19.2 Å². The zero-order valence-corrected chi connectivity index (χ0v) is 22.2. The number of carboxylic acid groups (broad SMARTS) is 1. The smallest absolute Gasteiger partial charge is 0.328 e. The first-order valence-electron chi connectivity index (χ1n) is 12.3. The lowest BCUT2D eigenvalue weighted by molar-refractivity contribution is -0.131. The van der Waals surface area contributed by atoms with Crippen LogP contribution in [0.25, 0.3) is 21.8 Å². The number of hydrogen-bond acceptors (Lipinski definition) is 7. The summed E-state index contributed by atoms with van der Waals surface area (Å²) in [5.74, 6) is -1.92. The molecule has 0 aliphatic heterocycles. The van der Waals surface area contributed by atoms with Gasteiger partial charge in [0.1, 0.15) is 6.29 Å². The molecule has 4 rings (SSSR count). The Kier molecular flexibility index (Phi) is 14.7. The Bertz CT molecular complexity index is 1350. The Balaban J connectivity index is 0.000000303. The third-order valence-corrected chi connectivity index (χ3v) is 5.25. The van der Waals surface area contributed by atoms with Crippen LogP contribution in [0, 0.1) is 0 Å². The first-order valence-corrected chi connectivity index (χ1v) is 12.3. The first kappa shape index (κ1) is 33.2. The number of amides is 2. The van der Waals surface area contributed by atoms with E-state index >= 15 is 0 Å². The highest BCUT2D eigenvalue weighted by molar-refractivity contribution is 5.98. The van der Waals surface area contributed by atoms with Gasteiger partial charge in [0, 0.05) is 58.0 Å². The number of carbonyl (C=O) groups excluding carboxylic acids is 3. The normalized spacial score (nSPS) is 10.1. The summed E-state index contributed by atoms with van der Waals surface area (Å²) in [5.41, 5.74) is 26.8. The fourth-order valence-corrected chi connectivity index (χ4v) is 3.51. The average molecular weight is 553 g/mol. The molecular formula is C28H36N6O6. The van der Waals surface area contributed by atoms with Crippen molar-refractivity contribution >= 4 is 45.9 Å². The molecule has 4 aromatic rings. The SMILES string of the molecule is CCO.NCCc1c[nH]c2ccc(C(N)=O)cc12.NCCc1c[nH]c2ccc(C(N)=O)cc12.O=CC=CC(=O)O. The van der Waals surface area contributed by atoms with Gasteiger partial charge in [0.15, 0.2) is 0 Å². The molecule has 40 heavy (non-hydrogen) atoms. The van der Waals surface area contributed by atoms with Crippen molar-refractivity contribution in [2.24, 2.45) is 22.9 Å². The van der Waals surface area contributed by atoms with Crippen LogP contribution in [-0.4, -0.2) is 63.9 Å². The number of aromatic nitrogens is 2. The molecule has 12 heteroatoms. The number of H-pyrrole nitrogens is 2. The average Bonchev–Trinajstić information content (AvgIpc) is 3.52. The van der Waals surface area contributed by atoms with E-state index in [4.69, 9.17) is 33.1 Å². The van der Waals surface area contributed by atoms with Gasteiger partial charge in [-0.25, -0.2) is 4.79 Å². The van der Waals surface area contributed by atoms with Crippen LogP contribution in [0.4, 0.5) is 0 Å². The van der Waals surface area contributed by atoms with Gasteiger partial charge in [-0.3, -0.25) is 14.4 Å². The van der Waals surface area contributed by atoms with Crippen LogP contribution < -0.4 is 22.9 Å². The van der Waals surface area contributed by atoms with E-state index in [0.717, 1.165) is 57.9 Å². The van der Waals surface area contributed by atoms with Gasteiger partial charge in [-0.1, -0.05) is 0 Å². The second kappa shape index (κ2) is 17.7. The molecule has 12 N–H and O–H groups in total. The summed E-state index contributed by atoms with van der Waals surface area (Å²) >= 11 is 0. The predicted octanol–water partition coefficient (Wildman–Crippen LogP) is 1.36. The summed E-state index contributed by atoms with van der Waals surface area (Å²) in [5, 5.41) is 17.4. The number of benzene rings is 2. The second-order valence-electron chi connectivity index (χ2n) is 8.10. The number of nitrogens with one attached hydrogen (secondary N) is 2. The van der Waals surface area contributed by atoms with Gasteiger partial charge < -0.3 is 43.1 Å². The van der Waals surface area contributed by atoms with E-state index in [1.54, 1.807) is 31.2 Å². The standard InChI is InChI=1S/2C11H13N3O.C4H4O3.C2H6O/c2*12-4-3-8-6-14-10-2-1-7(11(13)15)5-9(8)10;5-3-1-2-4(6)7;1-2-3/h2*1-2,5-6,14H,3-4,12H2,(H2,13,15);1-3H,(H,6,7);3H,2H2,1H3. The summed E-state index contributed by atoms with van der Waals surface area (Å²) in [6, 6.07) is 10.8. The monoisotopic (exact) mass is 552 g/mol. The van der Waals surface area contributed by atoms with Crippen LogP contribution in [0.15, 0.2) is 60.9 Å². The van der Waals surface area contributed by atoms with Crippen LogP contribution in [-0.2, 0) is 22.4 Å². The lowest BCUT2D eigenvalue weighted by Crippen LogP contribution is -2.10. The number of nitrogens with two attached hydrogens (primary N) is 4. The van der Waals surface area contributed by atoms with E-state index in [1.807, 2.05) is 24.5 Å². The van der Waals surface area contributed by atoms with Crippen LogP contribution in [0.2, 0.25) is 0 Å². The van der Waals surface area contributed by atoms with Gasteiger partial charge in [-0.15, -0.1) is 0 Å². The molecule has 0 radical (unpaired) electrons. The molecular weight excluding hydrogens is 516 g/mol. The Labute approximate surface area is 231 Å². The Morgan fingerprint density at radius 3 is 1.50 bits per heavy atom. The minimum atomic E-state index is -1.10. The third kappa shape index (κ3) is 10.5. The fourth-order valence-electron chi connectivity index (χ4n) is 3.51. The minimum Gasteiger partial charge on any atom is -0.478 e. The number of fused-ring (bicyclic) bond motifs is 2. The number of hydrogen-bond donors (Lipinski definition) is 8. The van der Waals surface area contributed by atoms with E-state index in [2.05, 4.69) is 9.97 Å². The molecule has 0 bridgehead atoms. The summed E-state index contributed by atoms with van der Waals surface area (Å²) in [7, 11) is 0. The number of aliphatic carboxylic acids is 1. The molecule has 0 unspecified atom stereocenters. The van der Waals surface area contributed by atoms with E-state index < -0.39 is 17.8 Å². The highest BCUT2D eigenvalue weighted by Gasteiger charge is 2.07. The van der Waals surface area contributed by atoms with Crippen molar-refractivity contribution in [1.29, 1.82) is 0 Å². The largest absolute Gasteiger partial charge is 0.478 e. The maximum atomic E-state index is 11.0. The lowest BCUT2D eigenvalue weighted by Gasteiger charge is -1.98. The zero-order valence-electron chi connectivity index (χ0n) is 22.2. The zero-order chi connectivity index (χ0) is 30.1. The van der Waals surface area contributed by atoms with Crippen molar-refractivity contribution in [2.75, 3.05) is 19.7 Å². The molecule has 0 aliphatic carbocycles. The van der Waals surface area contributed by atoms with Gasteiger partial charge in [0.05, 0.1) is 0 Å². The van der Waals surface area contributed by atoms with Crippen LogP contribution in [0.5, 0.6) is 0 Å². The predicted molar refractivity (Wildman–Crippen MR) is 155 cm³/mol. The van der Waals surface area contributed by atoms with Crippen molar-refractivity contribution in [1.82, 2.24) is 9.97 Å². The number of carboxylic acids is 1. The van der Waals surface area contributed by atoms with Crippen LogP contribution in [0.1, 0.15) is 38.8 Å². The lowest BCUT2D eigenvalue weighted by atomic mass is 10.1. The topological polar surface area (TPSA) is 244 Å². The molecule has 0 saturated heterocycles. The third-order valence-electron chi connectivity index (χ3n) is 5.25. The summed E-state index contributed by atoms with van der Waals surface area (Å²) in [6.45, 7) is 3.11. The van der Waals surface area contributed by atoms with E-state index in [-0.39, 0.29) is 6.61 Å². The second-order valence-corrected chi connectivity index (χ2v) is 8.10. The first-order chi connectivity index (χ1) is 19.1. The number of aliphatic hydroxyl groups excluding tert-OH is 1. The highest BCUT2D eigenvalue weighted by atomic mass is 16.4. The molecule has 0 saturated carbocycles. The van der Waals surface area contributed by atoms with Crippen molar-refractivity contribution in [3.8, 4) is 0 Å². The van der Waals surface area contributed by atoms with Gasteiger partial charge in [0.2, 0.25) is 11.8 Å². The van der Waals surface area contributed by atoms with Crippen molar-refractivity contribution < 1.29 is 29.4 Å². The van der Waals surface area contributed by atoms with Crippen molar-refractivity contribution in [2.45, 2.75) is 19.8 Å². The number of aromatic amines is 2. The van der Waals surface area contributed by atoms with Gasteiger partial charge in [-0.05, 0) is 86.5 Å². The maximum absolute atomic E-state index is 11.0. The van der Waals surface area contributed by atoms with Gasteiger partial charge >= 0.3 is 5.97 Å². The molecule has 2 heterocycles. The molecule has 0 aliphatic rings. The summed E-state index contributed by atoms with van der Waals surface area (Å²) in [6.07, 6.45) is 7.53. The molecule has 2 aromatic heterocycles. The highest BCUT2D eigenvalue weighted by Crippen LogP contribution is 2.21. The number of allylic oxidation sites excluding steroid dienone is 1. The number of aliphatic hydroxyl groups is 1. The number of primary amides is 2. The van der Waals surface area contributed by atoms with Gasteiger partial charge in [-0.2, -0.15) is 0 Å². The summed E-state index contributed by atoms with van der Waals surface area (Å²) in [4.78, 5) is 47.2. The molecule has 0 spiro atoms. The van der Waals surface area contributed by atoms with Gasteiger partial charge in [0.25, 0.3) is 0 Å². The van der Waals surface area contributed by atoms with E-state index in [0.29, 0.717) is 30.5 Å². The number of carbonyl (C=O) groups is 4. The minimum absolute atomic E-state index is 0.250. The molecule has 2 amide bonds.